The third-order valence-corrected chi connectivity index (χ3v) is 3.43. The fourth-order valence-electron chi connectivity index (χ4n) is 1.86. The number of furan rings is 1. The largest absolute Gasteiger partial charge is 0.467 e. The van der Waals surface area contributed by atoms with Gasteiger partial charge in [0.2, 0.25) is 0 Å². The van der Waals surface area contributed by atoms with Gasteiger partial charge in [0.05, 0.1) is 12.9 Å². The molecule has 0 saturated carbocycles. The summed E-state index contributed by atoms with van der Waals surface area (Å²) >= 11 is 3.45. The van der Waals surface area contributed by atoms with E-state index in [0.29, 0.717) is 13.2 Å². The van der Waals surface area contributed by atoms with Crippen LogP contribution in [0.1, 0.15) is 37.7 Å². The van der Waals surface area contributed by atoms with E-state index in [0.717, 1.165) is 27.9 Å². The van der Waals surface area contributed by atoms with Crippen LogP contribution in [0.4, 0.5) is 0 Å². The molecule has 114 valence electrons. The average molecular weight is 352 g/mol. The van der Waals surface area contributed by atoms with Crippen molar-refractivity contribution >= 4 is 15.9 Å². The van der Waals surface area contributed by atoms with Crippen molar-refractivity contribution in [2.45, 2.75) is 46.1 Å². The lowest BCUT2D eigenvalue weighted by atomic mass is 10.1. The number of hydrogen-bond donors (Lipinski definition) is 1. The highest BCUT2D eigenvalue weighted by Gasteiger charge is 2.10. The minimum atomic E-state index is 0.106. The van der Waals surface area contributed by atoms with E-state index in [1.54, 1.807) is 6.26 Å². The van der Waals surface area contributed by atoms with Crippen molar-refractivity contribution in [1.82, 2.24) is 5.32 Å². The van der Waals surface area contributed by atoms with Crippen LogP contribution in [0.3, 0.4) is 0 Å². The fraction of sp³-hybridized carbons (Fsp3) is 0.412. The Balaban J connectivity index is 1.78. The second-order valence-corrected chi connectivity index (χ2v) is 7.06. The lowest BCUT2D eigenvalue weighted by Crippen LogP contribution is -2.34. The van der Waals surface area contributed by atoms with E-state index in [9.17, 15) is 0 Å². The highest BCUT2D eigenvalue weighted by Crippen LogP contribution is 2.14. The molecule has 1 aromatic heterocycles. The van der Waals surface area contributed by atoms with Gasteiger partial charge < -0.3 is 14.5 Å². The lowest BCUT2D eigenvalue weighted by molar-refractivity contribution is 0.0929. The third-order valence-electron chi connectivity index (χ3n) is 2.93. The standard InChI is InChI=1S/C17H22BrNO2/c1-17(2,3)19-9-14-8-16(21-11-14)12-20-10-13-5-4-6-15(18)7-13/h4-8,11,19H,9-10,12H2,1-3H3. The van der Waals surface area contributed by atoms with Crippen molar-refractivity contribution in [3.05, 3.63) is 58.0 Å². The molecule has 0 fully saturated rings. The molecule has 0 radical (unpaired) electrons. The Labute approximate surface area is 134 Å². The molecule has 1 aromatic carbocycles. The molecule has 0 aliphatic heterocycles. The zero-order chi connectivity index (χ0) is 15.3. The smallest absolute Gasteiger partial charge is 0.129 e. The predicted molar refractivity (Wildman–Crippen MR) is 87.9 cm³/mol. The van der Waals surface area contributed by atoms with Crippen LogP contribution in [0.5, 0.6) is 0 Å². The molecule has 0 bridgehead atoms. The lowest BCUT2D eigenvalue weighted by Gasteiger charge is -2.19. The topological polar surface area (TPSA) is 34.4 Å². The predicted octanol–water partition coefficient (Wildman–Crippen LogP) is 4.65. The second kappa shape index (κ2) is 7.25. The van der Waals surface area contributed by atoms with E-state index in [-0.39, 0.29) is 5.54 Å². The van der Waals surface area contributed by atoms with Gasteiger partial charge in [-0.2, -0.15) is 0 Å². The van der Waals surface area contributed by atoms with Gasteiger partial charge in [0.1, 0.15) is 12.4 Å². The van der Waals surface area contributed by atoms with Gasteiger partial charge in [-0.05, 0) is 44.5 Å². The van der Waals surface area contributed by atoms with E-state index in [1.807, 2.05) is 24.3 Å². The number of halogens is 1. The van der Waals surface area contributed by atoms with Crippen LogP contribution < -0.4 is 5.32 Å². The van der Waals surface area contributed by atoms with Crippen LogP contribution in [0.25, 0.3) is 0 Å². The quantitative estimate of drug-likeness (QED) is 0.822. The summed E-state index contributed by atoms with van der Waals surface area (Å²) in [7, 11) is 0. The minimum Gasteiger partial charge on any atom is -0.467 e. The van der Waals surface area contributed by atoms with Gasteiger partial charge in [0.15, 0.2) is 0 Å². The molecule has 4 heteroatoms. The number of rotatable bonds is 6. The molecule has 0 spiro atoms. The summed E-state index contributed by atoms with van der Waals surface area (Å²) < 4.78 is 12.3. The molecule has 1 N–H and O–H groups in total. The van der Waals surface area contributed by atoms with Crippen molar-refractivity contribution in [3.63, 3.8) is 0 Å². The first-order chi connectivity index (χ1) is 9.92. The van der Waals surface area contributed by atoms with Crippen molar-refractivity contribution < 1.29 is 9.15 Å². The molecule has 21 heavy (non-hydrogen) atoms. The van der Waals surface area contributed by atoms with Crippen molar-refractivity contribution in [2.75, 3.05) is 0 Å². The highest BCUT2D eigenvalue weighted by molar-refractivity contribution is 9.10. The summed E-state index contributed by atoms with van der Waals surface area (Å²) in [5.41, 5.74) is 2.39. The number of benzene rings is 1. The van der Waals surface area contributed by atoms with Crippen LogP contribution in [0, 0.1) is 0 Å². The first kappa shape index (κ1) is 16.3. The molecule has 0 aliphatic carbocycles. The Kier molecular flexibility index (Phi) is 5.62. The summed E-state index contributed by atoms with van der Waals surface area (Å²) in [5, 5.41) is 3.43. The average Bonchev–Trinajstić information content (AvgIpc) is 2.84. The van der Waals surface area contributed by atoms with Gasteiger partial charge in [0, 0.05) is 22.1 Å². The maximum Gasteiger partial charge on any atom is 0.129 e. The van der Waals surface area contributed by atoms with Gasteiger partial charge in [-0.25, -0.2) is 0 Å². The summed E-state index contributed by atoms with van der Waals surface area (Å²) in [4.78, 5) is 0. The van der Waals surface area contributed by atoms with Crippen LogP contribution in [-0.4, -0.2) is 5.54 Å². The molecule has 0 aliphatic rings. The Morgan fingerprint density at radius 2 is 1.95 bits per heavy atom. The molecule has 0 unspecified atom stereocenters. The van der Waals surface area contributed by atoms with Gasteiger partial charge in [-0.3, -0.25) is 0 Å². The van der Waals surface area contributed by atoms with Gasteiger partial charge in [0.25, 0.3) is 0 Å². The maximum absolute atomic E-state index is 5.68. The molecule has 3 nitrogen and oxygen atoms in total. The van der Waals surface area contributed by atoms with Crippen molar-refractivity contribution in [2.24, 2.45) is 0 Å². The fourth-order valence-corrected chi connectivity index (χ4v) is 2.30. The van der Waals surface area contributed by atoms with Crippen LogP contribution >= 0.6 is 15.9 Å². The number of nitrogens with one attached hydrogen (secondary N) is 1. The van der Waals surface area contributed by atoms with Crippen LogP contribution in [-0.2, 0) is 24.5 Å². The summed E-state index contributed by atoms with van der Waals surface area (Å²) in [6, 6.07) is 10.2. The van der Waals surface area contributed by atoms with E-state index >= 15 is 0 Å². The minimum absolute atomic E-state index is 0.106. The van der Waals surface area contributed by atoms with Gasteiger partial charge in [-0.1, -0.05) is 28.1 Å². The summed E-state index contributed by atoms with van der Waals surface area (Å²) in [5.74, 6) is 0.857. The van der Waals surface area contributed by atoms with E-state index in [4.69, 9.17) is 9.15 Å². The molecular weight excluding hydrogens is 330 g/mol. The molecule has 1 heterocycles. The Morgan fingerprint density at radius 3 is 2.67 bits per heavy atom. The van der Waals surface area contributed by atoms with E-state index in [2.05, 4.69) is 48.1 Å². The van der Waals surface area contributed by atoms with E-state index in [1.165, 1.54) is 0 Å². The van der Waals surface area contributed by atoms with E-state index < -0.39 is 0 Å². The van der Waals surface area contributed by atoms with Crippen LogP contribution in [0.2, 0.25) is 0 Å². The monoisotopic (exact) mass is 351 g/mol. The number of hydrogen-bond acceptors (Lipinski definition) is 3. The first-order valence-electron chi connectivity index (χ1n) is 7.06. The first-order valence-corrected chi connectivity index (χ1v) is 7.85. The molecule has 0 saturated heterocycles. The van der Waals surface area contributed by atoms with Gasteiger partial charge in [-0.15, -0.1) is 0 Å². The number of ether oxygens (including phenoxy) is 1. The molecule has 0 amide bonds. The molecule has 2 aromatic rings. The zero-order valence-corrected chi connectivity index (χ0v) is 14.4. The molecule has 0 atom stereocenters. The molecular formula is C17H22BrNO2. The summed E-state index contributed by atoms with van der Waals surface area (Å²) in [6.45, 7) is 8.32. The normalized spacial score (nSPS) is 11.8. The Bertz CT molecular complexity index is 572. The Morgan fingerprint density at radius 1 is 1.14 bits per heavy atom. The second-order valence-electron chi connectivity index (χ2n) is 6.15. The zero-order valence-electron chi connectivity index (χ0n) is 12.8. The van der Waals surface area contributed by atoms with Gasteiger partial charge >= 0.3 is 0 Å². The highest BCUT2D eigenvalue weighted by atomic mass is 79.9. The SMILES string of the molecule is CC(C)(C)NCc1coc(COCc2cccc(Br)c2)c1. The third kappa shape index (κ3) is 6.04. The van der Waals surface area contributed by atoms with Crippen molar-refractivity contribution in [1.29, 1.82) is 0 Å². The van der Waals surface area contributed by atoms with Crippen LogP contribution in [0.15, 0.2) is 45.5 Å². The Hall–Kier alpha value is -1.10. The maximum atomic E-state index is 5.68. The summed E-state index contributed by atoms with van der Waals surface area (Å²) in [6.07, 6.45) is 1.79. The van der Waals surface area contributed by atoms with Crippen molar-refractivity contribution in [3.8, 4) is 0 Å². The molecule has 2 rings (SSSR count).